The maximum absolute atomic E-state index is 5.49. The molecule has 1 fully saturated rings. The molecule has 1 aliphatic heterocycles. The first kappa shape index (κ1) is 13.3. The molecule has 1 N–H and O–H groups in total. The molecule has 0 aliphatic carbocycles. The predicted octanol–water partition coefficient (Wildman–Crippen LogP) is 3.50. The molecule has 1 aliphatic rings. The first-order valence-electron chi connectivity index (χ1n) is 7.53. The van der Waals surface area contributed by atoms with Gasteiger partial charge in [0.1, 0.15) is 0 Å². The Morgan fingerprint density at radius 1 is 1.25 bits per heavy atom. The number of hydrogen-bond acceptors (Lipinski definition) is 4. The monoisotopic (exact) mass is 271 g/mol. The summed E-state index contributed by atoms with van der Waals surface area (Å²) in [7, 11) is 0. The Labute approximate surface area is 119 Å². The van der Waals surface area contributed by atoms with Crippen LogP contribution in [0.1, 0.15) is 50.0 Å². The third kappa shape index (κ3) is 2.75. The first-order valence-corrected chi connectivity index (χ1v) is 7.53. The van der Waals surface area contributed by atoms with Crippen LogP contribution in [-0.2, 0) is 6.42 Å². The lowest BCUT2D eigenvalue weighted by atomic mass is 10.1. The molecule has 2 heterocycles. The minimum atomic E-state index is 0.240. The second-order valence-electron chi connectivity index (χ2n) is 5.32. The van der Waals surface area contributed by atoms with Crippen LogP contribution in [0.3, 0.4) is 0 Å². The number of aromatic nitrogens is 2. The molecule has 4 nitrogen and oxygen atoms in total. The topological polar surface area (TPSA) is 51.0 Å². The zero-order valence-corrected chi connectivity index (χ0v) is 11.9. The summed E-state index contributed by atoms with van der Waals surface area (Å²) in [5.74, 6) is 1.44. The van der Waals surface area contributed by atoms with E-state index in [1.807, 2.05) is 12.1 Å². The van der Waals surface area contributed by atoms with Crippen LogP contribution >= 0.6 is 0 Å². The van der Waals surface area contributed by atoms with Gasteiger partial charge in [0.2, 0.25) is 0 Å². The molecular formula is C16H21N3O. The fraction of sp³-hybridized carbons (Fsp3) is 0.500. The zero-order chi connectivity index (χ0) is 13.8. The number of benzene rings is 1. The summed E-state index contributed by atoms with van der Waals surface area (Å²) >= 11 is 0. The van der Waals surface area contributed by atoms with Gasteiger partial charge >= 0.3 is 0 Å². The third-order valence-corrected chi connectivity index (χ3v) is 3.94. The molecule has 0 spiro atoms. The van der Waals surface area contributed by atoms with Crippen LogP contribution < -0.4 is 5.32 Å². The van der Waals surface area contributed by atoms with Crippen molar-refractivity contribution in [3.8, 4) is 11.5 Å². The van der Waals surface area contributed by atoms with Gasteiger partial charge < -0.3 is 9.84 Å². The number of nitrogens with one attached hydrogen (secondary N) is 1. The Kier molecular flexibility index (Phi) is 4.11. The highest BCUT2D eigenvalue weighted by atomic mass is 16.5. The lowest BCUT2D eigenvalue weighted by Gasteiger charge is -2.10. The van der Waals surface area contributed by atoms with Crippen molar-refractivity contribution in [1.29, 1.82) is 0 Å². The van der Waals surface area contributed by atoms with Crippen LogP contribution in [0.4, 0.5) is 0 Å². The second-order valence-corrected chi connectivity index (χ2v) is 5.32. The van der Waals surface area contributed by atoms with Gasteiger partial charge in [0.05, 0.1) is 6.04 Å². The summed E-state index contributed by atoms with van der Waals surface area (Å²) < 4.78 is 5.49. The normalized spacial score (nSPS) is 19.8. The molecule has 1 atom stereocenters. The van der Waals surface area contributed by atoms with Gasteiger partial charge in [0.15, 0.2) is 5.82 Å². The van der Waals surface area contributed by atoms with Crippen molar-refractivity contribution in [1.82, 2.24) is 15.5 Å². The van der Waals surface area contributed by atoms with Gasteiger partial charge in [-0.25, -0.2) is 0 Å². The van der Waals surface area contributed by atoms with E-state index in [1.54, 1.807) is 0 Å². The highest BCUT2D eigenvalue weighted by molar-refractivity contribution is 5.58. The van der Waals surface area contributed by atoms with Gasteiger partial charge in [-0.1, -0.05) is 43.1 Å². The van der Waals surface area contributed by atoms with E-state index in [9.17, 15) is 0 Å². The lowest BCUT2D eigenvalue weighted by molar-refractivity contribution is 0.402. The minimum absolute atomic E-state index is 0.240. The van der Waals surface area contributed by atoms with Crippen LogP contribution in [0.2, 0.25) is 0 Å². The van der Waals surface area contributed by atoms with Gasteiger partial charge in [0.25, 0.3) is 5.89 Å². The summed E-state index contributed by atoms with van der Waals surface area (Å²) in [5, 5.41) is 7.69. The van der Waals surface area contributed by atoms with E-state index in [1.165, 1.54) is 24.8 Å². The minimum Gasteiger partial charge on any atom is -0.334 e. The Morgan fingerprint density at radius 2 is 2.15 bits per heavy atom. The summed E-state index contributed by atoms with van der Waals surface area (Å²) in [6, 6.07) is 8.47. The van der Waals surface area contributed by atoms with Gasteiger partial charge in [-0.05, 0) is 37.4 Å². The molecular weight excluding hydrogens is 250 g/mol. The first-order chi connectivity index (χ1) is 9.88. The summed E-state index contributed by atoms with van der Waals surface area (Å²) in [6.07, 6.45) is 5.81. The van der Waals surface area contributed by atoms with Gasteiger partial charge in [-0.3, -0.25) is 0 Å². The zero-order valence-electron chi connectivity index (χ0n) is 11.9. The highest BCUT2D eigenvalue weighted by Crippen LogP contribution is 2.26. The molecule has 0 amide bonds. The molecule has 1 aromatic heterocycles. The van der Waals surface area contributed by atoms with Crippen molar-refractivity contribution in [3.05, 3.63) is 35.7 Å². The smallest absolute Gasteiger partial charge is 0.258 e. The fourth-order valence-corrected chi connectivity index (χ4v) is 2.77. The van der Waals surface area contributed by atoms with E-state index in [2.05, 4.69) is 34.5 Å². The van der Waals surface area contributed by atoms with Crippen molar-refractivity contribution in [2.24, 2.45) is 0 Å². The molecule has 1 saturated heterocycles. The van der Waals surface area contributed by atoms with Crippen LogP contribution in [0.5, 0.6) is 0 Å². The van der Waals surface area contributed by atoms with Gasteiger partial charge in [0, 0.05) is 5.56 Å². The Bertz CT molecular complexity index is 556. The average Bonchev–Trinajstić information content (AvgIpc) is 2.82. The van der Waals surface area contributed by atoms with Gasteiger partial charge in [-0.15, -0.1) is 0 Å². The molecule has 1 unspecified atom stereocenters. The summed E-state index contributed by atoms with van der Waals surface area (Å²) in [5.41, 5.74) is 2.30. The molecule has 0 radical (unpaired) electrons. The second kappa shape index (κ2) is 6.18. The van der Waals surface area contributed by atoms with E-state index in [0.717, 1.165) is 30.8 Å². The quantitative estimate of drug-likeness (QED) is 0.928. The largest absolute Gasteiger partial charge is 0.334 e. The van der Waals surface area contributed by atoms with E-state index in [-0.39, 0.29) is 6.04 Å². The number of aryl methyl sites for hydroxylation is 1. The van der Waals surface area contributed by atoms with E-state index < -0.39 is 0 Å². The molecule has 0 bridgehead atoms. The predicted molar refractivity (Wildman–Crippen MR) is 78.3 cm³/mol. The van der Waals surface area contributed by atoms with Crippen LogP contribution in [0.25, 0.3) is 11.5 Å². The molecule has 1 aromatic carbocycles. The van der Waals surface area contributed by atoms with Gasteiger partial charge in [-0.2, -0.15) is 4.98 Å². The number of nitrogens with zero attached hydrogens (tertiary/aromatic N) is 2. The van der Waals surface area contributed by atoms with E-state index >= 15 is 0 Å². The van der Waals surface area contributed by atoms with Crippen LogP contribution in [-0.4, -0.2) is 16.7 Å². The maximum Gasteiger partial charge on any atom is 0.258 e. The Balaban J connectivity index is 1.85. The standard InChI is InChI=1S/C16H21N3O/c1-2-12-8-5-6-9-13(12)16-18-15(19-20-16)14-10-4-3-7-11-17-14/h5-6,8-9,14,17H,2-4,7,10-11H2,1H3. The molecule has 3 rings (SSSR count). The van der Waals surface area contributed by atoms with Crippen molar-refractivity contribution in [2.45, 2.75) is 45.1 Å². The van der Waals surface area contributed by atoms with Crippen LogP contribution in [0, 0.1) is 0 Å². The molecule has 4 heteroatoms. The molecule has 0 saturated carbocycles. The Morgan fingerprint density at radius 3 is 3.05 bits per heavy atom. The Hall–Kier alpha value is -1.68. The molecule has 20 heavy (non-hydrogen) atoms. The third-order valence-electron chi connectivity index (χ3n) is 3.94. The molecule has 2 aromatic rings. The lowest BCUT2D eigenvalue weighted by Crippen LogP contribution is -2.21. The summed E-state index contributed by atoms with van der Waals surface area (Å²) in [4.78, 5) is 4.61. The fourth-order valence-electron chi connectivity index (χ4n) is 2.77. The number of rotatable bonds is 3. The van der Waals surface area contributed by atoms with Crippen LogP contribution in [0.15, 0.2) is 28.8 Å². The summed E-state index contributed by atoms with van der Waals surface area (Å²) in [6.45, 7) is 3.18. The van der Waals surface area contributed by atoms with E-state index in [0.29, 0.717) is 5.89 Å². The SMILES string of the molecule is CCc1ccccc1-c1nc(C2CCCCCN2)no1. The highest BCUT2D eigenvalue weighted by Gasteiger charge is 2.20. The number of hydrogen-bond donors (Lipinski definition) is 1. The van der Waals surface area contributed by atoms with Crippen molar-refractivity contribution >= 4 is 0 Å². The average molecular weight is 271 g/mol. The maximum atomic E-state index is 5.49. The van der Waals surface area contributed by atoms with E-state index in [4.69, 9.17) is 4.52 Å². The van der Waals surface area contributed by atoms with Crippen molar-refractivity contribution < 1.29 is 4.52 Å². The van der Waals surface area contributed by atoms with Crippen molar-refractivity contribution in [3.63, 3.8) is 0 Å². The molecule has 106 valence electrons. The van der Waals surface area contributed by atoms with Crippen molar-refractivity contribution in [2.75, 3.05) is 6.54 Å².